The van der Waals surface area contributed by atoms with Crippen molar-refractivity contribution in [1.82, 2.24) is 14.8 Å². The number of hydrogen-bond donors (Lipinski definition) is 0. The van der Waals surface area contributed by atoms with Crippen LogP contribution < -0.4 is 0 Å². The molecular formula is C8H11ClF3N3S. The summed E-state index contributed by atoms with van der Waals surface area (Å²) in [6, 6.07) is 0. The lowest BCUT2D eigenvalue weighted by Gasteiger charge is -2.10. The van der Waals surface area contributed by atoms with E-state index in [4.69, 9.17) is 11.6 Å². The van der Waals surface area contributed by atoms with Crippen molar-refractivity contribution in [1.29, 1.82) is 0 Å². The van der Waals surface area contributed by atoms with Gasteiger partial charge >= 0.3 is 5.51 Å². The number of rotatable bonds is 4. The standard InChI is InChI=1S/C8H11ClF3N3S/c1-5(2)6-13-14-7(9)15(6)3-4-16-8(10,11)12/h5H,3-4H2,1-2H3. The molecule has 0 fully saturated rings. The van der Waals surface area contributed by atoms with Crippen molar-refractivity contribution in [2.45, 2.75) is 31.8 Å². The maximum atomic E-state index is 11.9. The topological polar surface area (TPSA) is 30.7 Å². The number of aromatic nitrogens is 3. The molecule has 0 unspecified atom stereocenters. The third-order valence-electron chi connectivity index (χ3n) is 1.83. The minimum atomic E-state index is -4.21. The van der Waals surface area contributed by atoms with E-state index in [1.165, 1.54) is 4.57 Å². The molecule has 16 heavy (non-hydrogen) atoms. The highest BCUT2D eigenvalue weighted by Gasteiger charge is 2.28. The van der Waals surface area contributed by atoms with E-state index in [9.17, 15) is 13.2 Å². The van der Waals surface area contributed by atoms with Gasteiger partial charge in [0.05, 0.1) is 0 Å². The van der Waals surface area contributed by atoms with Crippen molar-refractivity contribution in [3.8, 4) is 0 Å². The molecular weight excluding hydrogens is 263 g/mol. The Morgan fingerprint density at radius 2 is 2.00 bits per heavy atom. The monoisotopic (exact) mass is 273 g/mol. The molecule has 0 atom stereocenters. The quantitative estimate of drug-likeness (QED) is 0.843. The van der Waals surface area contributed by atoms with Crippen LogP contribution in [0.25, 0.3) is 0 Å². The zero-order valence-electron chi connectivity index (χ0n) is 8.75. The zero-order chi connectivity index (χ0) is 12.3. The van der Waals surface area contributed by atoms with Crippen molar-refractivity contribution < 1.29 is 13.2 Å². The molecule has 0 amide bonds. The van der Waals surface area contributed by atoms with Crippen molar-refractivity contribution in [2.24, 2.45) is 0 Å². The summed E-state index contributed by atoms with van der Waals surface area (Å²) < 4.78 is 37.3. The van der Waals surface area contributed by atoms with Crippen LogP contribution in [0.1, 0.15) is 25.6 Å². The molecule has 1 rings (SSSR count). The van der Waals surface area contributed by atoms with E-state index < -0.39 is 5.51 Å². The Morgan fingerprint density at radius 1 is 1.38 bits per heavy atom. The number of thioether (sulfide) groups is 1. The van der Waals surface area contributed by atoms with Crippen molar-refractivity contribution in [3.63, 3.8) is 0 Å². The molecule has 92 valence electrons. The van der Waals surface area contributed by atoms with Crippen molar-refractivity contribution in [2.75, 3.05) is 5.75 Å². The van der Waals surface area contributed by atoms with E-state index in [-0.39, 0.29) is 35.3 Å². The van der Waals surface area contributed by atoms with Gasteiger partial charge in [-0.2, -0.15) is 13.2 Å². The molecule has 1 aromatic rings. The van der Waals surface area contributed by atoms with Gasteiger partial charge in [-0.25, -0.2) is 0 Å². The van der Waals surface area contributed by atoms with Crippen LogP contribution in [0.2, 0.25) is 5.28 Å². The summed E-state index contributed by atoms with van der Waals surface area (Å²) in [5, 5.41) is 7.59. The molecule has 0 spiro atoms. The van der Waals surface area contributed by atoms with Gasteiger partial charge in [0.2, 0.25) is 5.28 Å². The van der Waals surface area contributed by atoms with E-state index in [0.29, 0.717) is 5.82 Å². The van der Waals surface area contributed by atoms with Crippen LogP contribution in [-0.2, 0) is 6.54 Å². The van der Waals surface area contributed by atoms with Crippen LogP contribution >= 0.6 is 23.4 Å². The Balaban J connectivity index is 2.63. The Morgan fingerprint density at radius 3 is 2.50 bits per heavy atom. The minimum Gasteiger partial charge on any atom is -0.301 e. The molecule has 0 aliphatic heterocycles. The maximum Gasteiger partial charge on any atom is 0.441 e. The lowest BCUT2D eigenvalue weighted by Crippen LogP contribution is -2.10. The van der Waals surface area contributed by atoms with E-state index in [2.05, 4.69) is 10.2 Å². The number of halogens is 4. The number of nitrogens with zero attached hydrogens (tertiary/aromatic N) is 3. The molecule has 3 nitrogen and oxygen atoms in total. The SMILES string of the molecule is CC(C)c1nnc(Cl)n1CCSC(F)(F)F. The van der Waals surface area contributed by atoms with Gasteiger partial charge in [0.1, 0.15) is 5.82 Å². The Bertz CT molecular complexity index is 351. The first kappa shape index (κ1) is 13.6. The summed E-state index contributed by atoms with van der Waals surface area (Å²) in [5.74, 6) is 0.588. The number of hydrogen-bond acceptors (Lipinski definition) is 3. The molecule has 0 saturated carbocycles. The van der Waals surface area contributed by atoms with Gasteiger partial charge in [-0.1, -0.05) is 13.8 Å². The molecule has 0 bridgehead atoms. The summed E-state index contributed by atoms with van der Waals surface area (Å²) in [4.78, 5) is 0. The van der Waals surface area contributed by atoms with Gasteiger partial charge in [0.15, 0.2) is 0 Å². The second kappa shape index (κ2) is 5.27. The van der Waals surface area contributed by atoms with Crippen LogP contribution in [0.5, 0.6) is 0 Å². The highest BCUT2D eigenvalue weighted by atomic mass is 35.5. The molecule has 0 saturated heterocycles. The third kappa shape index (κ3) is 3.86. The van der Waals surface area contributed by atoms with Gasteiger partial charge in [0, 0.05) is 18.2 Å². The lowest BCUT2D eigenvalue weighted by molar-refractivity contribution is -0.0328. The molecule has 8 heteroatoms. The van der Waals surface area contributed by atoms with Crippen LogP contribution in [0.15, 0.2) is 0 Å². The van der Waals surface area contributed by atoms with Gasteiger partial charge < -0.3 is 4.57 Å². The fourth-order valence-electron chi connectivity index (χ4n) is 1.18. The minimum absolute atomic E-state index is 0.0741. The predicted molar refractivity (Wildman–Crippen MR) is 57.6 cm³/mol. The summed E-state index contributed by atoms with van der Waals surface area (Å²) in [5.41, 5.74) is -4.21. The van der Waals surface area contributed by atoms with Crippen LogP contribution in [0.4, 0.5) is 13.2 Å². The summed E-state index contributed by atoms with van der Waals surface area (Å²) in [6.45, 7) is 3.92. The average molecular weight is 274 g/mol. The van der Waals surface area contributed by atoms with Gasteiger partial charge in [-0.3, -0.25) is 0 Å². The Labute approximate surface area is 100 Å². The first-order chi connectivity index (χ1) is 7.31. The molecule has 0 N–H and O–H groups in total. The summed E-state index contributed by atoms with van der Waals surface area (Å²) in [6.07, 6.45) is 0. The van der Waals surface area contributed by atoms with E-state index in [1.54, 1.807) is 0 Å². The first-order valence-electron chi connectivity index (χ1n) is 4.60. The van der Waals surface area contributed by atoms with Gasteiger partial charge in [-0.15, -0.1) is 10.2 Å². The van der Waals surface area contributed by atoms with Crippen LogP contribution in [-0.4, -0.2) is 26.0 Å². The molecule has 0 aromatic carbocycles. The summed E-state index contributed by atoms with van der Waals surface area (Å²) in [7, 11) is 0. The lowest BCUT2D eigenvalue weighted by atomic mass is 10.2. The normalized spacial score (nSPS) is 12.4. The smallest absolute Gasteiger partial charge is 0.301 e. The predicted octanol–water partition coefficient (Wildman–Crippen LogP) is 3.31. The zero-order valence-corrected chi connectivity index (χ0v) is 10.3. The number of alkyl halides is 3. The van der Waals surface area contributed by atoms with Crippen molar-refractivity contribution in [3.05, 3.63) is 11.1 Å². The van der Waals surface area contributed by atoms with E-state index >= 15 is 0 Å². The third-order valence-corrected chi connectivity index (χ3v) is 2.82. The fraction of sp³-hybridized carbons (Fsp3) is 0.750. The second-order valence-electron chi connectivity index (χ2n) is 3.43. The van der Waals surface area contributed by atoms with Gasteiger partial charge in [-0.05, 0) is 23.4 Å². The highest BCUT2D eigenvalue weighted by molar-refractivity contribution is 8.00. The molecule has 1 heterocycles. The largest absolute Gasteiger partial charge is 0.441 e. The fourth-order valence-corrected chi connectivity index (χ4v) is 1.90. The molecule has 0 radical (unpaired) electrons. The van der Waals surface area contributed by atoms with Gasteiger partial charge in [0.25, 0.3) is 0 Å². The highest BCUT2D eigenvalue weighted by Crippen LogP contribution is 2.30. The Kier molecular flexibility index (Phi) is 4.49. The first-order valence-corrected chi connectivity index (χ1v) is 5.97. The molecule has 0 aliphatic carbocycles. The molecule has 1 aromatic heterocycles. The average Bonchev–Trinajstić information content (AvgIpc) is 2.46. The van der Waals surface area contributed by atoms with Crippen LogP contribution in [0.3, 0.4) is 0 Å². The maximum absolute atomic E-state index is 11.9. The van der Waals surface area contributed by atoms with E-state index in [0.717, 1.165) is 0 Å². The Hall–Kier alpha value is -0.430. The summed E-state index contributed by atoms with van der Waals surface area (Å²) >= 11 is 5.66. The van der Waals surface area contributed by atoms with Crippen LogP contribution in [0, 0.1) is 0 Å². The second-order valence-corrected chi connectivity index (χ2v) is 4.93. The molecule has 0 aliphatic rings. The van der Waals surface area contributed by atoms with Crippen molar-refractivity contribution >= 4 is 23.4 Å². The van der Waals surface area contributed by atoms with E-state index in [1.807, 2.05) is 13.8 Å².